The number of amides is 1. The van der Waals surface area contributed by atoms with Gasteiger partial charge < -0.3 is 10.4 Å². The first-order valence-corrected chi connectivity index (χ1v) is 6.98. The van der Waals surface area contributed by atoms with Gasteiger partial charge in [0.2, 0.25) is 5.91 Å². The van der Waals surface area contributed by atoms with Crippen LogP contribution in [0, 0.1) is 0 Å². The summed E-state index contributed by atoms with van der Waals surface area (Å²) in [6, 6.07) is 20.4. The van der Waals surface area contributed by atoms with Crippen LogP contribution in [0.15, 0.2) is 72.8 Å². The summed E-state index contributed by atoms with van der Waals surface area (Å²) in [5.74, 6) is -0.0390. The highest BCUT2D eigenvalue weighted by Gasteiger charge is 2.00. The first-order chi connectivity index (χ1) is 10.7. The predicted octanol–water partition coefficient (Wildman–Crippen LogP) is 4.20. The van der Waals surface area contributed by atoms with Crippen molar-refractivity contribution in [1.29, 1.82) is 0 Å². The van der Waals surface area contributed by atoms with Gasteiger partial charge >= 0.3 is 0 Å². The van der Waals surface area contributed by atoms with Gasteiger partial charge in [-0.3, -0.25) is 4.79 Å². The number of carbonyl (C=O) groups is 1. The summed E-state index contributed by atoms with van der Waals surface area (Å²) in [5, 5.41) is 14.2. The van der Waals surface area contributed by atoms with Crippen molar-refractivity contribution in [3.63, 3.8) is 0 Å². The maximum absolute atomic E-state index is 11.9. The molecular formula is C19H15NO2. The van der Waals surface area contributed by atoms with Gasteiger partial charge in [0.15, 0.2) is 0 Å². The van der Waals surface area contributed by atoms with Crippen LogP contribution < -0.4 is 5.32 Å². The molecule has 0 saturated heterocycles. The van der Waals surface area contributed by atoms with Crippen molar-refractivity contribution in [2.24, 2.45) is 0 Å². The zero-order valence-corrected chi connectivity index (χ0v) is 11.9. The summed E-state index contributed by atoms with van der Waals surface area (Å²) >= 11 is 0. The number of carbonyl (C=O) groups excluding carboxylic acids is 1. The molecule has 3 aromatic carbocycles. The number of fused-ring (bicyclic) bond motifs is 1. The van der Waals surface area contributed by atoms with Gasteiger partial charge in [0.1, 0.15) is 5.75 Å². The lowest BCUT2D eigenvalue weighted by Gasteiger charge is -2.03. The maximum atomic E-state index is 11.9. The number of aromatic hydroxyl groups is 1. The minimum Gasteiger partial charge on any atom is -0.508 e. The molecule has 0 unspecified atom stereocenters. The fraction of sp³-hybridized carbons (Fsp3) is 0. The molecule has 0 heterocycles. The van der Waals surface area contributed by atoms with Crippen molar-refractivity contribution in [2.45, 2.75) is 0 Å². The van der Waals surface area contributed by atoms with Crippen LogP contribution in [-0.4, -0.2) is 11.0 Å². The molecule has 2 N–H and O–H groups in total. The standard InChI is InChI=1S/C19H15NO2/c21-17-11-9-16(10-12-17)20-19(22)13-8-15-6-3-5-14-4-1-2-7-18(14)15/h1-13,21H,(H,20,22). The van der Waals surface area contributed by atoms with E-state index in [4.69, 9.17) is 0 Å². The van der Waals surface area contributed by atoms with Gasteiger partial charge in [0.25, 0.3) is 0 Å². The maximum Gasteiger partial charge on any atom is 0.248 e. The van der Waals surface area contributed by atoms with Crippen LogP contribution in [0.2, 0.25) is 0 Å². The van der Waals surface area contributed by atoms with E-state index in [0.717, 1.165) is 16.3 Å². The monoisotopic (exact) mass is 289 g/mol. The Morgan fingerprint density at radius 3 is 2.45 bits per heavy atom. The molecule has 3 aromatic rings. The fourth-order valence-electron chi connectivity index (χ4n) is 2.29. The number of phenols is 1. The summed E-state index contributed by atoms with van der Waals surface area (Å²) in [7, 11) is 0. The first kappa shape index (κ1) is 13.9. The molecule has 0 fully saturated rings. The molecule has 108 valence electrons. The number of benzene rings is 3. The predicted molar refractivity (Wildman–Crippen MR) is 89.7 cm³/mol. The third-order valence-corrected chi connectivity index (χ3v) is 3.37. The Labute approximate surface area is 128 Å². The van der Waals surface area contributed by atoms with E-state index in [2.05, 4.69) is 5.32 Å². The highest BCUT2D eigenvalue weighted by Crippen LogP contribution is 2.19. The molecule has 0 aliphatic carbocycles. The molecule has 22 heavy (non-hydrogen) atoms. The van der Waals surface area contributed by atoms with E-state index in [-0.39, 0.29) is 11.7 Å². The molecule has 0 aliphatic heterocycles. The zero-order valence-electron chi connectivity index (χ0n) is 11.9. The Bertz CT molecular complexity index is 830. The Kier molecular flexibility index (Phi) is 3.88. The molecule has 0 aliphatic rings. The largest absolute Gasteiger partial charge is 0.508 e. The molecule has 1 amide bonds. The fourth-order valence-corrected chi connectivity index (χ4v) is 2.29. The molecule has 0 spiro atoms. The molecule has 0 aromatic heterocycles. The van der Waals surface area contributed by atoms with Gasteiger partial charge in [-0.15, -0.1) is 0 Å². The van der Waals surface area contributed by atoms with Crippen LogP contribution in [0.1, 0.15) is 5.56 Å². The Hall–Kier alpha value is -3.07. The van der Waals surface area contributed by atoms with Gasteiger partial charge in [-0.1, -0.05) is 42.5 Å². The number of hydrogen-bond donors (Lipinski definition) is 2. The number of hydrogen-bond acceptors (Lipinski definition) is 2. The Morgan fingerprint density at radius 1 is 0.909 bits per heavy atom. The second kappa shape index (κ2) is 6.14. The minimum atomic E-state index is -0.210. The molecule has 3 rings (SSSR count). The molecule has 3 nitrogen and oxygen atoms in total. The van der Waals surface area contributed by atoms with E-state index in [1.165, 1.54) is 18.2 Å². The van der Waals surface area contributed by atoms with Crippen molar-refractivity contribution < 1.29 is 9.90 Å². The van der Waals surface area contributed by atoms with Crippen molar-refractivity contribution in [3.05, 3.63) is 78.4 Å². The minimum absolute atomic E-state index is 0.171. The molecule has 3 heteroatoms. The van der Waals surface area contributed by atoms with Crippen LogP contribution in [0.3, 0.4) is 0 Å². The van der Waals surface area contributed by atoms with E-state index >= 15 is 0 Å². The quantitative estimate of drug-likeness (QED) is 0.561. The van der Waals surface area contributed by atoms with Crippen LogP contribution in [0.5, 0.6) is 5.75 Å². The molecule has 0 radical (unpaired) electrons. The molecule has 0 bridgehead atoms. The van der Waals surface area contributed by atoms with Gasteiger partial charge in [0.05, 0.1) is 0 Å². The average molecular weight is 289 g/mol. The normalized spacial score (nSPS) is 10.9. The smallest absolute Gasteiger partial charge is 0.248 e. The van der Waals surface area contributed by atoms with Gasteiger partial charge in [-0.05, 0) is 46.7 Å². The van der Waals surface area contributed by atoms with Crippen molar-refractivity contribution in [3.8, 4) is 5.75 Å². The average Bonchev–Trinajstić information content (AvgIpc) is 2.55. The van der Waals surface area contributed by atoms with E-state index in [1.807, 2.05) is 42.5 Å². The number of rotatable bonds is 3. The lowest BCUT2D eigenvalue weighted by Crippen LogP contribution is -2.07. The first-order valence-electron chi connectivity index (χ1n) is 6.98. The summed E-state index contributed by atoms with van der Waals surface area (Å²) in [4.78, 5) is 11.9. The summed E-state index contributed by atoms with van der Waals surface area (Å²) in [5.41, 5.74) is 1.64. The van der Waals surface area contributed by atoms with Crippen molar-refractivity contribution in [2.75, 3.05) is 5.32 Å². The van der Waals surface area contributed by atoms with Gasteiger partial charge in [-0.2, -0.15) is 0 Å². The second-order valence-electron chi connectivity index (χ2n) is 4.94. The van der Waals surface area contributed by atoms with Gasteiger partial charge in [-0.25, -0.2) is 0 Å². The summed E-state index contributed by atoms with van der Waals surface area (Å²) < 4.78 is 0. The van der Waals surface area contributed by atoms with Crippen molar-refractivity contribution in [1.82, 2.24) is 0 Å². The lowest BCUT2D eigenvalue weighted by atomic mass is 10.0. The number of nitrogens with one attached hydrogen (secondary N) is 1. The summed E-state index contributed by atoms with van der Waals surface area (Å²) in [6.45, 7) is 0. The third kappa shape index (κ3) is 3.15. The topological polar surface area (TPSA) is 49.3 Å². The van der Waals surface area contributed by atoms with E-state index in [1.54, 1.807) is 18.2 Å². The zero-order chi connectivity index (χ0) is 15.4. The van der Waals surface area contributed by atoms with E-state index in [9.17, 15) is 9.90 Å². The number of anilines is 1. The summed E-state index contributed by atoms with van der Waals surface area (Å²) in [6.07, 6.45) is 3.31. The highest BCUT2D eigenvalue weighted by molar-refractivity contribution is 6.03. The van der Waals surface area contributed by atoms with E-state index in [0.29, 0.717) is 5.69 Å². The molecular weight excluding hydrogens is 274 g/mol. The van der Waals surface area contributed by atoms with Crippen molar-refractivity contribution >= 4 is 28.4 Å². The SMILES string of the molecule is O=C(C=Cc1cccc2ccccc12)Nc1ccc(O)cc1. The van der Waals surface area contributed by atoms with E-state index < -0.39 is 0 Å². The van der Waals surface area contributed by atoms with Gasteiger partial charge in [0, 0.05) is 11.8 Å². The van der Waals surface area contributed by atoms with Crippen LogP contribution >= 0.6 is 0 Å². The van der Waals surface area contributed by atoms with Crippen LogP contribution in [0.4, 0.5) is 5.69 Å². The van der Waals surface area contributed by atoms with Crippen LogP contribution in [0.25, 0.3) is 16.8 Å². The highest BCUT2D eigenvalue weighted by atomic mass is 16.3. The molecule has 0 saturated carbocycles. The number of phenolic OH excluding ortho intramolecular Hbond substituents is 1. The Balaban J connectivity index is 1.78. The Morgan fingerprint density at radius 2 is 1.64 bits per heavy atom. The lowest BCUT2D eigenvalue weighted by molar-refractivity contribution is -0.111. The second-order valence-corrected chi connectivity index (χ2v) is 4.94. The van der Waals surface area contributed by atoms with Crippen LogP contribution in [-0.2, 0) is 4.79 Å². The molecule has 0 atom stereocenters. The third-order valence-electron chi connectivity index (χ3n) is 3.37.